The third-order valence-corrected chi connectivity index (χ3v) is 2.26. The van der Waals surface area contributed by atoms with Gasteiger partial charge in [0.25, 0.3) is 0 Å². The van der Waals surface area contributed by atoms with Gasteiger partial charge in [-0.25, -0.2) is 0 Å². The summed E-state index contributed by atoms with van der Waals surface area (Å²) in [6.07, 6.45) is 3.83. The van der Waals surface area contributed by atoms with Crippen LogP contribution < -0.4 is 4.40 Å². The molecule has 0 aromatic carbocycles. The van der Waals surface area contributed by atoms with Gasteiger partial charge in [0, 0.05) is 12.1 Å². The average molecular weight is 224 g/mol. The first-order chi connectivity index (χ1) is 5.77. The molecule has 2 heterocycles. The maximum Gasteiger partial charge on any atom is 0.327 e. The Morgan fingerprint density at radius 2 is 2.17 bits per heavy atom. The lowest BCUT2D eigenvalue weighted by Gasteiger charge is -1.94. The number of rotatable bonds is 0. The number of halogens is 1. The second-order valence-electron chi connectivity index (χ2n) is 2.66. The highest BCUT2D eigenvalue weighted by Gasteiger charge is 2.04. The van der Waals surface area contributed by atoms with Crippen LogP contribution in [0.4, 0.5) is 0 Å². The fourth-order valence-electron chi connectivity index (χ4n) is 1.16. The molecular weight excluding hydrogens is 216 g/mol. The SMILES string of the molecule is Cc1ccnc2ccc(Br)c[n+]12. The molecule has 2 nitrogen and oxygen atoms in total. The van der Waals surface area contributed by atoms with Crippen LogP contribution in [-0.4, -0.2) is 4.98 Å². The minimum absolute atomic E-state index is 0.971. The van der Waals surface area contributed by atoms with Crippen LogP contribution >= 0.6 is 15.9 Å². The van der Waals surface area contributed by atoms with Gasteiger partial charge in [-0.1, -0.05) is 0 Å². The zero-order valence-corrected chi connectivity index (χ0v) is 8.25. The van der Waals surface area contributed by atoms with Crippen molar-refractivity contribution >= 4 is 21.6 Å². The summed E-state index contributed by atoms with van der Waals surface area (Å²) in [6, 6.07) is 5.96. The molecule has 2 rings (SSSR count). The molecule has 0 fully saturated rings. The van der Waals surface area contributed by atoms with Crippen LogP contribution in [0.3, 0.4) is 0 Å². The van der Waals surface area contributed by atoms with Crippen LogP contribution in [-0.2, 0) is 0 Å². The van der Waals surface area contributed by atoms with E-state index in [1.165, 1.54) is 5.69 Å². The number of nitrogens with zero attached hydrogens (tertiary/aromatic N) is 2. The van der Waals surface area contributed by atoms with Crippen molar-refractivity contribution in [1.82, 2.24) is 4.98 Å². The van der Waals surface area contributed by atoms with E-state index < -0.39 is 0 Å². The lowest BCUT2D eigenvalue weighted by molar-refractivity contribution is -0.523. The molecule has 0 aliphatic carbocycles. The third kappa shape index (κ3) is 1.20. The van der Waals surface area contributed by atoms with Gasteiger partial charge in [0.15, 0.2) is 0 Å². The highest BCUT2D eigenvalue weighted by molar-refractivity contribution is 9.10. The van der Waals surface area contributed by atoms with Gasteiger partial charge in [0.2, 0.25) is 0 Å². The summed E-state index contributed by atoms with van der Waals surface area (Å²) in [6.45, 7) is 2.06. The molecule has 12 heavy (non-hydrogen) atoms. The Morgan fingerprint density at radius 3 is 3.00 bits per heavy atom. The molecule has 2 aromatic heterocycles. The van der Waals surface area contributed by atoms with Crippen molar-refractivity contribution in [3.8, 4) is 0 Å². The molecule has 0 aliphatic rings. The van der Waals surface area contributed by atoms with Gasteiger partial charge in [-0.15, -0.1) is 0 Å². The summed E-state index contributed by atoms with van der Waals surface area (Å²) >= 11 is 3.42. The molecule has 60 valence electrons. The van der Waals surface area contributed by atoms with Crippen LogP contribution in [0.2, 0.25) is 0 Å². The first kappa shape index (κ1) is 7.68. The number of aromatic nitrogens is 2. The van der Waals surface area contributed by atoms with Gasteiger partial charge in [-0.05, 0) is 33.9 Å². The molecule has 0 saturated heterocycles. The van der Waals surface area contributed by atoms with Crippen molar-refractivity contribution in [1.29, 1.82) is 0 Å². The van der Waals surface area contributed by atoms with Crippen molar-refractivity contribution in [3.63, 3.8) is 0 Å². The standard InChI is InChI=1S/C9H8BrN2/c1-7-4-5-11-9-3-2-8(10)6-12(7)9/h2-6H,1H3/q+1. The number of hydrogen-bond donors (Lipinski definition) is 0. The van der Waals surface area contributed by atoms with Crippen LogP contribution in [0.25, 0.3) is 5.65 Å². The maximum absolute atomic E-state index is 4.23. The second-order valence-corrected chi connectivity index (χ2v) is 3.58. The molecule has 0 spiro atoms. The van der Waals surface area contributed by atoms with Crippen molar-refractivity contribution in [2.24, 2.45) is 0 Å². The second kappa shape index (κ2) is 2.83. The molecule has 0 saturated carbocycles. The fourth-order valence-corrected chi connectivity index (χ4v) is 1.49. The molecule has 0 amide bonds. The molecule has 3 heteroatoms. The Morgan fingerprint density at radius 1 is 1.33 bits per heavy atom. The van der Waals surface area contributed by atoms with Crippen molar-refractivity contribution in [3.05, 3.63) is 40.8 Å². The molecule has 2 aromatic rings. The van der Waals surface area contributed by atoms with Crippen LogP contribution in [0.1, 0.15) is 5.69 Å². The highest BCUT2D eigenvalue weighted by Crippen LogP contribution is 2.06. The van der Waals surface area contributed by atoms with Gasteiger partial charge >= 0.3 is 5.65 Å². The Hall–Kier alpha value is -0.960. The maximum atomic E-state index is 4.23. The van der Waals surface area contributed by atoms with E-state index in [1.54, 1.807) is 0 Å². The summed E-state index contributed by atoms with van der Waals surface area (Å²) in [4.78, 5) is 4.23. The lowest BCUT2D eigenvalue weighted by atomic mass is 10.4. The minimum Gasteiger partial charge on any atom is -0.200 e. The Bertz CT molecular complexity index is 426. The zero-order chi connectivity index (χ0) is 8.55. The number of fused-ring (bicyclic) bond motifs is 1. The summed E-state index contributed by atoms with van der Waals surface area (Å²) < 4.78 is 3.11. The smallest absolute Gasteiger partial charge is 0.200 e. The van der Waals surface area contributed by atoms with E-state index in [4.69, 9.17) is 0 Å². The van der Waals surface area contributed by atoms with E-state index in [0.29, 0.717) is 0 Å². The zero-order valence-electron chi connectivity index (χ0n) is 6.66. The van der Waals surface area contributed by atoms with Gasteiger partial charge < -0.3 is 0 Å². The Balaban J connectivity index is 2.88. The molecular formula is C9H8BrN2+. The summed E-state index contributed by atoms with van der Waals surface area (Å²) in [5, 5.41) is 0. The quantitative estimate of drug-likeness (QED) is 0.624. The summed E-state index contributed by atoms with van der Waals surface area (Å²) in [5.74, 6) is 0. The van der Waals surface area contributed by atoms with Crippen LogP contribution in [0.5, 0.6) is 0 Å². The van der Waals surface area contributed by atoms with Crippen LogP contribution in [0, 0.1) is 6.92 Å². The Kier molecular flexibility index (Phi) is 1.81. The Labute approximate surface area is 79.0 Å². The van der Waals surface area contributed by atoms with E-state index in [0.717, 1.165) is 10.1 Å². The first-order valence-corrected chi connectivity index (χ1v) is 4.49. The van der Waals surface area contributed by atoms with Gasteiger partial charge in [-0.2, -0.15) is 4.40 Å². The van der Waals surface area contributed by atoms with Crippen LogP contribution in [0.15, 0.2) is 35.1 Å². The number of pyridine rings is 1. The molecule has 0 bridgehead atoms. The van der Waals surface area contributed by atoms with E-state index in [-0.39, 0.29) is 0 Å². The summed E-state index contributed by atoms with van der Waals surface area (Å²) in [5.41, 5.74) is 2.15. The van der Waals surface area contributed by atoms with E-state index in [9.17, 15) is 0 Å². The normalized spacial score (nSPS) is 10.5. The molecule has 0 unspecified atom stereocenters. The monoisotopic (exact) mass is 223 g/mol. The highest BCUT2D eigenvalue weighted by atomic mass is 79.9. The van der Waals surface area contributed by atoms with Crippen molar-refractivity contribution < 1.29 is 4.40 Å². The molecule has 0 radical (unpaired) electrons. The molecule has 0 atom stereocenters. The van der Waals surface area contributed by atoms with E-state index in [1.807, 2.05) is 35.0 Å². The minimum atomic E-state index is 0.971. The van der Waals surface area contributed by atoms with Gasteiger partial charge in [-0.3, -0.25) is 0 Å². The fraction of sp³-hybridized carbons (Fsp3) is 0.111. The summed E-state index contributed by atoms with van der Waals surface area (Å²) in [7, 11) is 0. The number of aryl methyl sites for hydroxylation is 1. The first-order valence-electron chi connectivity index (χ1n) is 3.70. The van der Waals surface area contributed by atoms with Gasteiger partial charge in [0.1, 0.15) is 18.1 Å². The topological polar surface area (TPSA) is 17.0 Å². The predicted molar refractivity (Wildman–Crippen MR) is 49.8 cm³/mol. The molecule has 0 N–H and O–H groups in total. The third-order valence-electron chi connectivity index (χ3n) is 1.79. The van der Waals surface area contributed by atoms with Crippen molar-refractivity contribution in [2.75, 3.05) is 0 Å². The lowest BCUT2D eigenvalue weighted by Crippen LogP contribution is -2.26. The average Bonchev–Trinajstić information content (AvgIpc) is 2.07. The van der Waals surface area contributed by atoms with E-state index in [2.05, 4.69) is 27.8 Å². The largest absolute Gasteiger partial charge is 0.327 e. The molecule has 0 aliphatic heterocycles. The van der Waals surface area contributed by atoms with Gasteiger partial charge in [0.05, 0.1) is 4.47 Å². The predicted octanol–water partition coefficient (Wildman–Crippen LogP) is 1.89. The van der Waals surface area contributed by atoms with Crippen molar-refractivity contribution in [2.45, 2.75) is 6.92 Å². The van der Waals surface area contributed by atoms with E-state index >= 15 is 0 Å². The number of hydrogen-bond acceptors (Lipinski definition) is 1.